The van der Waals surface area contributed by atoms with E-state index in [1.165, 1.54) is 6.07 Å². The van der Waals surface area contributed by atoms with E-state index in [1.54, 1.807) is 12.1 Å². The normalized spacial score (nSPS) is 11.3. The van der Waals surface area contributed by atoms with Gasteiger partial charge in [-0.05, 0) is 29.2 Å². The Labute approximate surface area is 158 Å². The Morgan fingerprint density at radius 2 is 0.852 bits per heavy atom. The third-order valence-corrected chi connectivity index (χ3v) is 9.01. The van der Waals surface area contributed by atoms with Gasteiger partial charge in [0.15, 0.2) is 11.6 Å². The lowest BCUT2D eigenvalue weighted by atomic mass is 10.3. The van der Waals surface area contributed by atoms with Crippen molar-refractivity contribution in [2.24, 2.45) is 0 Å². The van der Waals surface area contributed by atoms with Gasteiger partial charge in [0.05, 0.1) is 0 Å². The third-order valence-electron chi connectivity index (χ3n) is 4.72. The van der Waals surface area contributed by atoms with Crippen molar-refractivity contribution < 1.29 is 8.78 Å². The molecule has 0 aliphatic rings. The van der Waals surface area contributed by atoms with Crippen LogP contribution in [0.3, 0.4) is 0 Å². The number of benzene rings is 4. The Morgan fingerprint density at radius 3 is 1.26 bits per heavy atom. The van der Waals surface area contributed by atoms with Crippen molar-refractivity contribution in [2.75, 3.05) is 0 Å². The molecule has 0 N–H and O–H groups in total. The van der Waals surface area contributed by atoms with Crippen molar-refractivity contribution in [2.45, 2.75) is 0 Å². The van der Waals surface area contributed by atoms with Crippen LogP contribution in [0.2, 0.25) is 0 Å². The molecule has 0 unspecified atom stereocenters. The monoisotopic (exact) mass is 375 g/mol. The highest BCUT2D eigenvalue weighted by atomic mass is 31.2. The van der Waals surface area contributed by atoms with Gasteiger partial charge < -0.3 is 0 Å². The van der Waals surface area contributed by atoms with Gasteiger partial charge in [0, 0.05) is 5.30 Å². The van der Waals surface area contributed by atoms with E-state index in [2.05, 4.69) is 0 Å². The van der Waals surface area contributed by atoms with Gasteiger partial charge in [0.1, 0.15) is 0 Å². The molecule has 4 aromatic carbocycles. The molecule has 0 aliphatic carbocycles. The summed E-state index contributed by atoms with van der Waals surface area (Å²) in [5.41, 5.74) is 0. The van der Waals surface area contributed by atoms with E-state index in [9.17, 15) is 4.39 Å². The van der Waals surface area contributed by atoms with Crippen molar-refractivity contribution in [3.63, 3.8) is 0 Å². The van der Waals surface area contributed by atoms with Crippen LogP contribution in [0.1, 0.15) is 0 Å². The molecule has 4 aromatic rings. The minimum atomic E-state index is -2.59. The zero-order valence-electron chi connectivity index (χ0n) is 14.6. The molecule has 0 atom stereocenters. The first kappa shape index (κ1) is 17.6. The van der Waals surface area contributed by atoms with Gasteiger partial charge >= 0.3 is 0 Å². The van der Waals surface area contributed by atoms with Crippen LogP contribution in [-0.4, -0.2) is 0 Å². The van der Waals surface area contributed by atoms with Crippen molar-refractivity contribution in [3.8, 4) is 0 Å². The Balaban J connectivity index is 2.18. The number of rotatable bonds is 4. The summed E-state index contributed by atoms with van der Waals surface area (Å²) in [4.78, 5) is 0. The summed E-state index contributed by atoms with van der Waals surface area (Å²) in [6.07, 6.45) is 0. The van der Waals surface area contributed by atoms with Crippen molar-refractivity contribution in [1.29, 1.82) is 0 Å². The summed E-state index contributed by atoms with van der Waals surface area (Å²) in [5, 5.41) is 3.39. The Morgan fingerprint density at radius 1 is 0.444 bits per heavy atom. The number of halogens is 2. The Bertz CT molecular complexity index is 935. The van der Waals surface area contributed by atoms with Crippen LogP contribution in [-0.2, 0) is 0 Å². The molecule has 1 radical (unpaired) electrons. The van der Waals surface area contributed by atoms with Gasteiger partial charge in [-0.1, -0.05) is 103 Å². The maximum Gasteiger partial charge on any atom is 0.167 e. The molecule has 3 heteroatoms. The second-order valence-corrected chi connectivity index (χ2v) is 9.62. The molecule has 0 bridgehead atoms. The summed E-state index contributed by atoms with van der Waals surface area (Å²) in [7, 11) is -2.59. The van der Waals surface area contributed by atoms with E-state index in [4.69, 9.17) is 0 Å². The van der Waals surface area contributed by atoms with E-state index in [0.29, 0.717) is 5.30 Å². The largest absolute Gasteiger partial charge is 0.204 e. The summed E-state index contributed by atoms with van der Waals surface area (Å²) < 4.78 is 29.5. The van der Waals surface area contributed by atoms with E-state index < -0.39 is 18.9 Å². The van der Waals surface area contributed by atoms with Crippen LogP contribution < -0.4 is 21.2 Å². The lowest BCUT2D eigenvalue weighted by molar-refractivity contribution is 0.514. The lowest BCUT2D eigenvalue weighted by Crippen LogP contribution is -2.40. The predicted molar refractivity (Wildman–Crippen MR) is 111 cm³/mol. The van der Waals surface area contributed by atoms with Crippen LogP contribution in [0.5, 0.6) is 0 Å². The molecule has 4 rings (SSSR count). The van der Waals surface area contributed by atoms with Crippen LogP contribution >= 0.6 is 7.26 Å². The zero-order valence-corrected chi connectivity index (χ0v) is 15.5. The topological polar surface area (TPSA) is 0 Å². The highest BCUT2D eigenvalue weighted by Gasteiger charge is 2.38. The summed E-state index contributed by atoms with van der Waals surface area (Å²) >= 11 is 0. The SMILES string of the molecule is Fc1cccc([P](c2ccccc2)(c2ccccc2)c2ccccc2)c1F. The maximum atomic E-state index is 15.2. The maximum absolute atomic E-state index is 15.2. The minimum absolute atomic E-state index is 0.408. The minimum Gasteiger partial charge on any atom is -0.204 e. The van der Waals surface area contributed by atoms with E-state index in [0.717, 1.165) is 15.9 Å². The lowest BCUT2D eigenvalue weighted by Gasteiger charge is -2.39. The van der Waals surface area contributed by atoms with Crippen LogP contribution in [0.4, 0.5) is 8.78 Å². The van der Waals surface area contributed by atoms with Crippen LogP contribution in [0.25, 0.3) is 0 Å². The van der Waals surface area contributed by atoms with Crippen LogP contribution in [0.15, 0.2) is 109 Å². The van der Waals surface area contributed by atoms with Crippen molar-refractivity contribution in [3.05, 3.63) is 121 Å². The van der Waals surface area contributed by atoms with E-state index >= 15 is 4.39 Å². The highest BCUT2D eigenvalue weighted by Crippen LogP contribution is 2.54. The van der Waals surface area contributed by atoms with Gasteiger partial charge in [-0.15, -0.1) is 0 Å². The second kappa shape index (κ2) is 7.42. The molecular weight excluding hydrogens is 357 g/mol. The molecule has 0 heterocycles. The Hall–Kier alpha value is -2.83. The number of hydrogen-bond acceptors (Lipinski definition) is 0. The second-order valence-electron chi connectivity index (χ2n) is 6.25. The molecule has 0 amide bonds. The molecule has 0 aliphatic heterocycles. The fraction of sp³-hybridized carbons (Fsp3) is 0. The van der Waals surface area contributed by atoms with Gasteiger partial charge in [0.25, 0.3) is 0 Å². The molecule has 0 spiro atoms. The van der Waals surface area contributed by atoms with Crippen molar-refractivity contribution >= 4 is 28.5 Å². The molecule has 0 nitrogen and oxygen atoms in total. The van der Waals surface area contributed by atoms with Crippen LogP contribution in [0, 0.1) is 11.6 Å². The molecule has 133 valence electrons. The average molecular weight is 375 g/mol. The van der Waals surface area contributed by atoms with E-state index in [-0.39, 0.29) is 0 Å². The van der Waals surface area contributed by atoms with E-state index in [1.807, 2.05) is 91.0 Å². The zero-order chi connectivity index (χ0) is 18.7. The van der Waals surface area contributed by atoms with Gasteiger partial charge in [-0.3, -0.25) is 0 Å². The smallest absolute Gasteiger partial charge is 0.167 e. The molecule has 27 heavy (non-hydrogen) atoms. The summed E-state index contributed by atoms with van der Waals surface area (Å²) in [6.45, 7) is 0. The molecule has 0 saturated heterocycles. The first-order valence-electron chi connectivity index (χ1n) is 8.75. The first-order valence-corrected chi connectivity index (χ1v) is 10.5. The molecule has 0 aromatic heterocycles. The Kier molecular flexibility index (Phi) is 4.83. The summed E-state index contributed by atoms with van der Waals surface area (Å²) in [5.74, 6) is -1.60. The van der Waals surface area contributed by atoms with Gasteiger partial charge in [-0.25, -0.2) is 8.78 Å². The fourth-order valence-electron chi connectivity index (χ4n) is 3.57. The van der Waals surface area contributed by atoms with Gasteiger partial charge in [-0.2, -0.15) is 0 Å². The van der Waals surface area contributed by atoms with Crippen molar-refractivity contribution in [1.82, 2.24) is 0 Å². The predicted octanol–water partition coefficient (Wildman–Crippen LogP) is 4.58. The quantitative estimate of drug-likeness (QED) is 0.458. The molecule has 0 fully saturated rings. The molecular formula is C24H18F2P. The summed E-state index contributed by atoms with van der Waals surface area (Å²) in [6, 6.07) is 34.1. The van der Waals surface area contributed by atoms with Gasteiger partial charge in [0.2, 0.25) is 0 Å². The highest BCUT2D eigenvalue weighted by molar-refractivity contribution is 8.01. The third kappa shape index (κ3) is 2.97. The fourth-order valence-corrected chi connectivity index (χ4v) is 7.87. The average Bonchev–Trinajstić information content (AvgIpc) is 2.74. The first-order chi connectivity index (χ1) is 13.2. The standard InChI is InChI=1S/C24H18F2P/c25-22-17-10-18-23(24(22)26)27(19-11-4-1-5-12-19,20-13-6-2-7-14-20)21-15-8-3-9-16-21/h1-18H. The molecule has 0 saturated carbocycles. The number of hydrogen-bond donors (Lipinski definition) is 0.